The van der Waals surface area contributed by atoms with Crippen molar-refractivity contribution in [3.05, 3.63) is 0 Å². The van der Waals surface area contributed by atoms with Crippen LogP contribution in [0.1, 0.15) is 46.0 Å². The first-order valence-corrected chi connectivity index (χ1v) is 7.33. The second-order valence-electron chi connectivity index (χ2n) is 6.40. The highest BCUT2D eigenvalue weighted by Gasteiger charge is 2.38. The number of piperidine rings is 1. The molecule has 5 unspecified atom stereocenters. The summed E-state index contributed by atoms with van der Waals surface area (Å²) in [6.07, 6.45) is 5.69. The van der Waals surface area contributed by atoms with Crippen LogP contribution in [-0.4, -0.2) is 36.2 Å². The molecule has 3 heterocycles. The summed E-state index contributed by atoms with van der Waals surface area (Å²) in [4.78, 5) is 12.2. The van der Waals surface area contributed by atoms with Crippen molar-refractivity contribution in [1.29, 1.82) is 0 Å². The van der Waals surface area contributed by atoms with E-state index in [0.717, 1.165) is 19.3 Å². The van der Waals surface area contributed by atoms with Gasteiger partial charge < -0.3 is 15.4 Å². The number of nitrogens with one attached hydrogen (secondary N) is 2. The van der Waals surface area contributed by atoms with Crippen molar-refractivity contribution in [2.45, 2.75) is 76.3 Å². The van der Waals surface area contributed by atoms with Gasteiger partial charge in [0, 0.05) is 18.1 Å². The van der Waals surface area contributed by atoms with Crippen LogP contribution >= 0.6 is 0 Å². The lowest BCUT2D eigenvalue weighted by Gasteiger charge is -2.30. The normalized spacial score (nSPS) is 47.2. The van der Waals surface area contributed by atoms with Crippen LogP contribution in [0.5, 0.6) is 0 Å². The molecule has 0 radical (unpaired) electrons. The first-order valence-electron chi connectivity index (χ1n) is 7.33. The summed E-state index contributed by atoms with van der Waals surface area (Å²) in [5.74, 6) is 0.455. The molecular weight excluding hydrogens is 228 g/mol. The SMILES string of the molecule is CC1CC(C)C(C(=O)NC2CC3CCC(C2)N3)O1. The molecule has 0 aromatic rings. The van der Waals surface area contributed by atoms with Crippen LogP contribution < -0.4 is 10.6 Å². The Morgan fingerprint density at radius 1 is 1.17 bits per heavy atom. The second-order valence-corrected chi connectivity index (χ2v) is 6.40. The molecule has 3 aliphatic rings. The quantitative estimate of drug-likeness (QED) is 0.776. The molecule has 2 N–H and O–H groups in total. The van der Waals surface area contributed by atoms with E-state index in [-0.39, 0.29) is 18.1 Å². The summed E-state index contributed by atoms with van der Waals surface area (Å²) >= 11 is 0. The number of carbonyl (C=O) groups excluding carboxylic acids is 1. The van der Waals surface area contributed by atoms with Crippen molar-refractivity contribution >= 4 is 5.91 Å². The van der Waals surface area contributed by atoms with Gasteiger partial charge in [0.1, 0.15) is 6.10 Å². The van der Waals surface area contributed by atoms with Crippen LogP contribution in [0, 0.1) is 5.92 Å². The number of hydrogen-bond acceptors (Lipinski definition) is 3. The van der Waals surface area contributed by atoms with Crippen molar-refractivity contribution < 1.29 is 9.53 Å². The Balaban J connectivity index is 1.55. The number of fused-ring (bicyclic) bond motifs is 2. The van der Waals surface area contributed by atoms with E-state index in [1.807, 2.05) is 0 Å². The van der Waals surface area contributed by atoms with Crippen molar-refractivity contribution in [2.24, 2.45) is 5.92 Å². The molecule has 4 heteroatoms. The van der Waals surface area contributed by atoms with Gasteiger partial charge in [-0.05, 0) is 44.9 Å². The van der Waals surface area contributed by atoms with E-state index in [0.29, 0.717) is 24.0 Å². The Hall–Kier alpha value is -0.610. The molecule has 0 saturated carbocycles. The molecular formula is C14H24N2O2. The summed E-state index contributed by atoms with van der Waals surface area (Å²) in [5.41, 5.74) is 0. The lowest BCUT2D eigenvalue weighted by Crippen LogP contribution is -2.50. The van der Waals surface area contributed by atoms with E-state index in [1.54, 1.807) is 0 Å². The topological polar surface area (TPSA) is 50.4 Å². The predicted molar refractivity (Wildman–Crippen MR) is 69.2 cm³/mol. The standard InChI is InChI=1S/C14H24N2O2/c1-8-5-9(2)18-13(8)14(17)16-12-6-10-3-4-11(7-12)15-10/h8-13,15H,3-7H2,1-2H3,(H,16,17). The van der Waals surface area contributed by atoms with Crippen LogP contribution in [0.25, 0.3) is 0 Å². The molecule has 0 spiro atoms. The number of amides is 1. The van der Waals surface area contributed by atoms with Crippen LogP contribution in [-0.2, 0) is 9.53 Å². The maximum Gasteiger partial charge on any atom is 0.249 e. The maximum absolute atomic E-state index is 12.2. The zero-order valence-corrected chi connectivity index (χ0v) is 11.3. The summed E-state index contributed by atoms with van der Waals surface area (Å²) < 4.78 is 5.72. The fraction of sp³-hybridized carbons (Fsp3) is 0.929. The van der Waals surface area contributed by atoms with Crippen molar-refractivity contribution in [1.82, 2.24) is 10.6 Å². The van der Waals surface area contributed by atoms with Crippen LogP contribution in [0.2, 0.25) is 0 Å². The van der Waals surface area contributed by atoms with E-state index in [9.17, 15) is 4.79 Å². The molecule has 3 saturated heterocycles. The smallest absolute Gasteiger partial charge is 0.249 e. The Morgan fingerprint density at radius 3 is 2.39 bits per heavy atom. The largest absolute Gasteiger partial charge is 0.365 e. The third-order valence-electron chi connectivity index (χ3n) is 4.68. The van der Waals surface area contributed by atoms with Gasteiger partial charge in [0.15, 0.2) is 0 Å². The minimum absolute atomic E-state index is 0.109. The molecule has 0 aliphatic carbocycles. The Labute approximate surface area is 109 Å². The number of ether oxygens (including phenoxy) is 1. The maximum atomic E-state index is 12.2. The number of carbonyl (C=O) groups is 1. The van der Waals surface area contributed by atoms with Gasteiger partial charge in [0.2, 0.25) is 5.91 Å². The summed E-state index contributed by atoms with van der Waals surface area (Å²) in [6.45, 7) is 4.16. The highest BCUT2D eigenvalue weighted by atomic mass is 16.5. The molecule has 3 rings (SSSR count). The number of hydrogen-bond donors (Lipinski definition) is 2. The van der Waals surface area contributed by atoms with Crippen molar-refractivity contribution in [2.75, 3.05) is 0 Å². The monoisotopic (exact) mass is 252 g/mol. The minimum Gasteiger partial charge on any atom is -0.365 e. The Morgan fingerprint density at radius 2 is 1.83 bits per heavy atom. The highest BCUT2D eigenvalue weighted by Crippen LogP contribution is 2.29. The fourth-order valence-electron chi connectivity index (χ4n) is 3.87. The first-order chi connectivity index (χ1) is 8.61. The van der Waals surface area contributed by atoms with Gasteiger partial charge >= 0.3 is 0 Å². The van der Waals surface area contributed by atoms with E-state index in [4.69, 9.17) is 4.74 Å². The molecule has 102 valence electrons. The van der Waals surface area contributed by atoms with Gasteiger partial charge in [-0.1, -0.05) is 6.92 Å². The second kappa shape index (κ2) is 4.82. The average Bonchev–Trinajstić information content (AvgIpc) is 2.81. The summed E-state index contributed by atoms with van der Waals surface area (Å²) in [7, 11) is 0. The highest BCUT2D eigenvalue weighted by molar-refractivity contribution is 5.81. The van der Waals surface area contributed by atoms with Gasteiger partial charge in [-0.2, -0.15) is 0 Å². The predicted octanol–water partition coefficient (Wildman–Crippen LogP) is 1.20. The molecule has 5 atom stereocenters. The summed E-state index contributed by atoms with van der Waals surface area (Å²) in [5, 5.41) is 6.80. The van der Waals surface area contributed by atoms with E-state index >= 15 is 0 Å². The fourth-order valence-corrected chi connectivity index (χ4v) is 3.87. The average molecular weight is 252 g/mol. The summed E-state index contributed by atoms with van der Waals surface area (Å²) in [6, 6.07) is 1.59. The van der Waals surface area contributed by atoms with Crippen LogP contribution in [0.15, 0.2) is 0 Å². The first kappa shape index (κ1) is 12.4. The molecule has 18 heavy (non-hydrogen) atoms. The van der Waals surface area contributed by atoms with Crippen molar-refractivity contribution in [3.8, 4) is 0 Å². The molecule has 3 aliphatic heterocycles. The zero-order valence-electron chi connectivity index (χ0n) is 11.3. The van der Waals surface area contributed by atoms with Crippen LogP contribution in [0.4, 0.5) is 0 Å². The Bertz CT molecular complexity index is 322. The number of rotatable bonds is 2. The molecule has 1 amide bonds. The lowest BCUT2D eigenvalue weighted by molar-refractivity contribution is -0.134. The lowest BCUT2D eigenvalue weighted by atomic mass is 9.97. The van der Waals surface area contributed by atoms with Gasteiger partial charge in [-0.25, -0.2) is 0 Å². The van der Waals surface area contributed by atoms with E-state index in [1.165, 1.54) is 12.8 Å². The third-order valence-corrected chi connectivity index (χ3v) is 4.68. The molecule has 3 fully saturated rings. The van der Waals surface area contributed by atoms with Gasteiger partial charge in [0.25, 0.3) is 0 Å². The third kappa shape index (κ3) is 2.41. The van der Waals surface area contributed by atoms with Gasteiger partial charge in [0.05, 0.1) is 6.10 Å². The molecule has 4 nitrogen and oxygen atoms in total. The zero-order chi connectivity index (χ0) is 12.7. The molecule has 2 bridgehead atoms. The Kier molecular flexibility index (Phi) is 3.32. The van der Waals surface area contributed by atoms with Gasteiger partial charge in [-0.15, -0.1) is 0 Å². The van der Waals surface area contributed by atoms with Gasteiger partial charge in [-0.3, -0.25) is 4.79 Å². The molecule has 0 aromatic heterocycles. The van der Waals surface area contributed by atoms with Crippen molar-refractivity contribution in [3.63, 3.8) is 0 Å². The molecule has 0 aromatic carbocycles. The van der Waals surface area contributed by atoms with Crippen LogP contribution in [0.3, 0.4) is 0 Å². The van der Waals surface area contributed by atoms with E-state index < -0.39 is 0 Å². The minimum atomic E-state index is -0.229. The van der Waals surface area contributed by atoms with E-state index in [2.05, 4.69) is 24.5 Å².